The van der Waals surface area contributed by atoms with E-state index in [1.165, 1.54) is 6.33 Å². The second-order valence-corrected chi connectivity index (χ2v) is 7.63. The standard InChI is InChI=1S/C21H27N5O3/c1-2-3-9-15-18(28)16(11-27)29-21(15,10-14-7-5-4-6-8-14)26-13-25-17-19(22)23-12-24-20(17)26/h4-8,12-13,15-16,18,27-28H,2-3,9-11H2,1H3,(H2,22,23,24)/t15-,16-,18+,21-/m1/s1. The quantitative estimate of drug-likeness (QED) is 0.557. The van der Waals surface area contributed by atoms with Crippen LogP contribution in [0.5, 0.6) is 0 Å². The number of nitrogens with zero attached hydrogens (tertiary/aromatic N) is 4. The van der Waals surface area contributed by atoms with Crippen molar-refractivity contribution in [2.45, 2.75) is 50.5 Å². The van der Waals surface area contributed by atoms with Crippen LogP contribution < -0.4 is 5.73 Å². The molecule has 0 unspecified atom stereocenters. The number of aromatic nitrogens is 4. The van der Waals surface area contributed by atoms with Gasteiger partial charge in [-0.1, -0.05) is 50.1 Å². The third-order valence-electron chi connectivity index (χ3n) is 5.85. The fourth-order valence-corrected chi connectivity index (χ4v) is 4.42. The van der Waals surface area contributed by atoms with E-state index in [1.807, 2.05) is 34.9 Å². The van der Waals surface area contributed by atoms with Gasteiger partial charge in [-0.3, -0.25) is 4.57 Å². The summed E-state index contributed by atoms with van der Waals surface area (Å²) in [5.74, 6) is 0.0550. The molecule has 29 heavy (non-hydrogen) atoms. The van der Waals surface area contributed by atoms with Gasteiger partial charge in [0.1, 0.15) is 17.9 Å². The second-order valence-electron chi connectivity index (χ2n) is 7.63. The average molecular weight is 397 g/mol. The molecule has 1 aromatic carbocycles. The van der Waals surface area contributed by atoms with Gasteiger partial charge in [0, 0.05) is 12.3 Å². The first-order valence-electron chi connectivity index (χ1n) is 10.1. The fraction of sp³-hybridized carbons (Fsp3) is 0.476. The monoisotopic (exact) mass is 397 g/mol. The van der Waals surface area contributed by atoms with Crippen molar-refractivity contribution in [3.05, 3.63) is 48.5 Å². The van der Waals surface area contributed by atoms with Crippen LogP contribution in [-0.2, 0) is 16.9 Å². The lowest BCUT2D eigenvalue weighted by molar-refractivity contribution is -0.128. The van der Waals surface area contributed by atoms with E-state index in [-0.39, 0.29) is 12.5 Å². The first kappa shape index (κ1) is 19.8. The molecule has 1 aliphatic rings. The molecule has 3 heterocycles. The topological polar surface area (TPSA) is 119 Å². The van der Waals surface area contributed by atoms with Gasteiger partial charge < -0.3 is 20.7 Å². The molecule has 4 rings (SSSR count). The van der Waals surface area contributed by atoms with Crippen LogP contribution in [0.3, 0.4) is 0 Å². The van der Waals surface area contributed by atoms with Crippen molar-refractivity contribution in [1.82, 2.24) is 19.5 Å². The van der Waals surface area contributed by atoms with Gasteiger partial charge in [0.15, 0.2) is 17.2 Å². The molecule has 0 spiro atoms. The van der Waals surface area contributed by atoms with Crippen molar-refractivity contribution >= 4 is 17.0 Å². The molecule has 4 atom stereocenters. The van der Waals surface area contributed by atoms with E-state index in [4.69, 9.17) is 10.5 Å². The summed E-state index contributed by atoms with van der Waals surface area (Å²) in [6, 6.07) is 9.98. The van der Waals surface area contributed by atoms with Gasteiger partial charge in [0.25, 0.3) is 0 Å². The zero-order valence-corrected chi connectivity index (χ0v) is 16.5. The minimum atomic E-state index is -0.946. The van der Waals surface area contributed by atoms with Crippen LogP contribution in [0.15, 0.2) is 43.0 Å². The summed E-state index contributed by atoms with van der Waals surface area (Å²) in [4.78, 5) is 12.9. The van der Waals surface area contributed by atoms with Crippen LogP contribution in [0.4, 0.5) is 5.82 Å². The van der Waals surface area contributed by atoms with E-state index in [1.54, 1.807) is 6.33 Å². The van der Waals surface area contributed by atoms with Crippen LogP contribution in [0.1, 0.15) is 31.7 Å². The summed E-state index contributed by atoms with van der Waals surface area (Å²) in [5.41, 5.74) is 7.17. The maximum Gasteiger partial charge on any atom is 0.167 e. The molecule has 3 aromatic rings. The summed E-state index contributed by atoms with van der Waals surface area (Å²) in [6.45, 7) is 1.86. The maximum absolute atomic E-state index is 11.0. The first-order chi connectivity index (χ1) is 14.1. The number of hydrogen-bond donors (Lipinski definition) is 3. The van der Waals surface area contributed by atoms with E-state index in [0.717, 1.165) is 24.8 Å². The number of hydrogen-bond acceptors (Lipinski definition) is 7. The number of anilines is 1. The maximum atomic E-state index is 11.0. The zero-order valence-electron chi connectivity index (χ0n) is 16.5. The normalized spacial score (nSPS) is 26.9. The van der Waals surface area contributed by atoms with E-state index in [9.17, 15) is 10.2 Å². The van der Waals surface area contributed by atoms with Crippen LogP contribution >= 0.6 is 0 Å². The van der Waals surface area contributed by atoms with E-state index >= 15 is 0 Å². The fourth-order valence-electron chi connectivity index (χ4n) is 4.42. The minimum absolute atomic E-state index is 0.242. The Hall–Kier alpha value is -2.55. The second kappa shape index (κ2) is 8.06. The highest BCUT2D eigenvalue weighted by Gasteiger charge is 2.55. The predicted octanol–water partition coefficient (Wildman–Crippen LogP) is 1.86. The predicted molar refractivity (Wildman–Crippen MR) is 109 cm³/mol. The summed E-state index contributed by atoms with van der Waals surface area (Å²) < 4.78 is 8.31. The summed E-state index contributed by atoms with van der Waals surface area (Å²) >= 11 is 0. The number of benzene rings is 1. The Morgan fingerprint density at radius 2 is 2.00 bits per heavy atom. The lowest BCUT2D eigenvalue weighted by Gasteiger charge is -2.37. The van der Waals surface area contributed by atoms with Gasteiger partial charge in [-0.2, -0.15) is 0 Å². The summed E-state index contributed by atoms with van der Waals surface area (Å²) in [7, 11) is 0. The van der Waals surface area contributed by atoms with Gasteiger partial charge in [-0.15, -0.1) is 0 Å². The lowest BCUT2D eigenvalue weighted by Crippen LogP contribution is -2.43. The Labute approximate surface area is 169 Å². The van der Waals surface area contributed by atoms with E-state index in [2.05, 4.69) is 21.9 Å². The van der Waals surface area contributed by atoms with Crippen molar-refractivity contribution in [2.75, 3.05) is 12.3 Å². The Balaban J connectivity index is 1.89. The smallest absolute Gasteiger partial charge is 0.167 e. The summed E-state index contributed by atoms with van der Waals surface area (Å²) in [5, 5.41) is 20.9. The van der Waals surface area contributed by atoms with Crippen molar-refractivity contribution in [2.24, 2.45) is 5.92 Å². The highest BCUT2D eigenvalue weighted by Crippen LogP contribution is 2.46. The number of nitrogens with two attached hydrogens (primary N) is 1. The number of fused-ring (bicyclic) bond motifs is 1. The SMILES string of the molecule is CCCC[C@@H]1[C@H](O)[C@@H](CO)O[C@@]1(Cc1ccccc1)n1cnc2c(N)ncnc21. The molecular formula is C21H27N5O3. The van der Waals surface area contributed by atoms with Gasteiger partial charge >= 0.3 is 0 Å². The molecule has 0 radical (unpaired) electrons. The van der Waals surface area contributed by atoms with Crippen LogP contribution in [0.2, 0.25) is 0 Å². The first-order valence-corrected chi connectivity index (χ1v) is 10.1. The lowest BCUT2D eigenvalue weighted by atomic mass is 9.83. The van der Waals surface area contributed by atoms with Crippen molar-refractivity contribution in [3.63, 3.8) is 0 Å². The molecule has 0 aliphatic carbocycles. The van der Waals surface area contributed by atoms with E-state index in [0.29, 0.717) is 23.4 Å². The summed E-state index contributed by atoms with van der Waals surface area (Å²) in [6.07, 6.45) is 4.76. The molecule has 4 N–H and O–H groups in total. The molecule has 154 valence electrons. The minimum Gasteiger partial charge on any atom is -0.394 e. The van der Waals surface area contributed by atoms with Crippen molar-refractivity contribution < 1.29 is 14.9 Å². The third-order valence-corrected chi connectivity index (χ3v) is 5.85. The molecule has 0 saturated carbocycles. The molecule has 2 aromatic heterocycles. The number of nitrogen functional groups attached to an aromatic ring is 1. The third kappa shape index (κ3) is 3.37. The number of imidazole rings is 1. The molecule has 0 bridgehead atoms. The number of unbranched alkanes of at least 4 members (excludes halogenated alkanes) is 1. The number of rotatable bonds is 7. The molecular weight excluding hydrogens is 370 g/mol. The van der Waals surface area contributed by atoms with Crippen LogP contribution in [0, 0.1) is 5.92 Å². The van der Waals surface area contributed by atoms with Crippen molar-refractivity contribution in [3.8, 4) is 0 Å². The number of aliphatic hydroxyl groups excluding tert-OH is 2. The van der Waals surface area contributed by atoms with Crippen LogP contribution in [0.25, 0.3) is 11.2 Å². The highest BCUT2D eigenvalue weighted by molar-refractivity contribution is 5.81. The van der Waals surface area contributed by atoms with Gasteiger partial charge in [-0.05, 0) is 12.0 Å². The molecule has 1 saturated heterocycles. The average Bonchev–Trinajstić information content (AvgIpc) is 3.28. The molecule has 8 nitrogen and oxygen atoms in total. The Kier molecular flexibility index (Phi) is 5.49. The van der Waals surface area contributed by atoms with Gasteiger partial charge in [-0.25, -0.2) is 15.0 Å². The van der Waals surface area contributed by atoms with E-state index < -0.39 is 17.9 Å². The molecule has 1 fully saturated rings. The van der Waals surface area contributed by atoms with Gasteiger partial charge in [0.05, 0.1) is 19.0 Å². The highest BCUT2D eigenvalue weighted by atomic mass is 16.6. The molecule has 0 amide bonds. The largest absolute Gasteiger partial charge is 0.394 e. The van der Waals surface area contributed by atoms with Crippen molar-refractivity contribution in [1.29, 1.82) is 0 Å². The van der Waals surface area contributed by atoms with Crippen LogP contribution in [-0.4, -0.2) is 48.5 Å². The Morgan fingerprint density at radius 3 is 2.72 bits per heavy atom. The number of ether oxygens (including phenoxy) is 1. The Bertz CT molecular complexity index is 963. The Morgan fingerprint density at radius 1 is 1.21 bits per heavy atom. The molecule has 8 heteroatoms. The number of aliphatic hydroxyl groups is 2. The molecule has 1 aliphatic heterocycles. The van der Waals surface area contributed by atoms with Gasteiger partial charge in [0.2, 0.25) is 0 Å². The zero-order chi connectivity index (χ0) is 20.4.